The average molecular weight is 551 g/mol. The summed E-state index contributed by atoms with van der Waals surface area (Å²) in [6.45, 7) is 5.80. The fourth-order valence-electron chi connectivity index (χ4n) is 3.31. The molecule has 3 aromatic rings. The van der Waals surface area contributed by atoms with E-state index in [0.717, 1.165) is 41.3 Å². The van der Waals surface area contributed by atoms with Gasteiger partial charge in [0.25, 0.3) is 0 Å². The van der Waals surface area contributed by atoms with Crippen molar-refractivity contribution in [3.8, 4) is 0 Å². The Labute approximate surface area is 206 Å². The van der Waals surface area contributed by atoms with Gasteiger partial charge in [-0.25, -0.2) is 9.98 Å². The van der Waals surface area contributed by atoms with Gasteiger partial charge in [-0.05, 0) is 25.0 Å². The molecule has 0 aliphatic heterocycles. The van der Waals surface area contributed by atoms with E-state index in [1.807, 2.05) is 74.5 Å². The van der Waals surface area contributed by atoms with Crippen LogP contribution in [0.25, 0.3) is 0 Å². The Balaban J connectivity index is 0.00000341. The minimum atomic E-state index is -1.09. The average Bonchev–Trinajstić information content (AvgIpc) is 3.18. The van der Waals surface area contributed by atoms with Gasteiger partial charge in [-0.1, -0.05) is 60.7 Å². The summed E-state index contributed by atoms with van der Waals surface area (Å²) in [5, 5.41) is 21.4. The van der Waals surface area contributed by atoms with Crippen LogP contribution in [-0.2, 0) is 18.4 Å². The quantitative estimate of drug-likeness (QED) is 0.211. The number of nitrogens with zero attached hydrogens (tertiary/aromatic N) is 2. The highest BCUT2D eigenvalue weighted by Crippen LogP contribution is 2.26. The van der Waals surface area contributed by atoms with Gasteiger partial charge in [-0.3, -0.25) is 0 Å². The molecule has 0 aliphatic carbocycles. The van der Waals surface area contributed by atoms with Crippen molar-refractivity contribution in [2.45, 2.75) is 32.3 Å². The topological polar surface area (TPSA) is 69.5 Å². The fourth-order valence-corrected chi connectivity index (χ4v) is 3.96. The maximum atomic E-state index is 11.6. The molecule has 3 rings (SSSR count). The standard InChI is InChI=1S/C24H30N4OS.HI/c1-3-25-23(26-15-14-22-17-30-19(2)28-22)27-18-24(29,21-12-8-5-9-13-21)16-20-10-6-4-7-11-20;/h4-13,17,29H,3,14-16,18H2,1-2H3,(H2,25,26,27);1H. The van der Waals surface area contributed by atoms with E-state index in [4.69, 9.17) is 4.99 Å². The van der Waals surface area contributed by atoms with Gasteiger partial charge in [0, 0.05) is 31.3 Å². The Kier molecular flexibility index (Phi) is 10.4. The van der Waals surface area contributed by atoms with Gasteiger partial charge >= 0.3 is 0 Å². The van der Waals surface area contributed by atoms with Crippen LogP contribution in [0.3, 0.4) is 0 Å². The molecular formula is C24H31IN4OS. The Morgan fingerprint density at radius 2 is 1.74 bits per heavy atom. The van der Waals surface area contributed by atoms with Crippen LogP contribution in [0.5, 0.6) is 0 Å². The zero-order chi connectivity index (χ0) is 21.2. The molecule has 5 nitrogen and oxygen atoms in total. The number of aromatic nitrogens is 1. The predicted molar refractivity (Wildman–Crippen MR) is 140 cm³/mol. The molecule has 1 atom stereocenters. The molecule has 0 bridgehead atoms. The Morgan fingerprint density at radius 1 is 1.06 bits per heavy atom. The monoisotopic (exact) mass is 550 g/mol. The smallest absolute Gasteiger partial charge is 0.191 e. The predicted octanol–water partition coefficient (Wildman–Crippen LogP) is 4.30. The maximum Gasteiger partial charge on any atom is 0.191 e. The number of hydrogen-bond donors (Lipinski definition) is 3. The zero-order valence-electron chi connectivity index (χ0n) is 18.0. The molecular weight excluding hydrogens is 519 g/mol. The molecule has 0 aliphatic rings. The third kappa shape index (κ3) is 7.90. The van der Waals surface area contributed by atoms with Crippen molar-refractivity contribution < 1.29 is 5.11 Å². The summed E-state index contributed by atoms with van der Waals surface area (Å²) in [6, 6.07) is 19.8. The van der Waals surface area contributed by atoms with Crippen molar-refractivity contribution in [1.82, 2.24) is 15.6 Å². The number of thiazole rings is 1. The lowest BCUT2D eigenvalue weighted by Gasteiger charge is -2.28. The number of rotatable bonds is 9. The van der Waals surface area contributed by atoms with E-state index >= 15 is 0 Å². The third-order valence-corrected chi connectivity index (χ3v) is 5.66. The second-order valence-corrected chi connectivity index (χ2v) is 8.35. The summed E-state index contributed by atoms with van der Waals surface area (Å²) >= 11 is 1.67. The highest BCUT2D eigenvalue weighted by Gasteiger charge is 2.29. The fraction of sp³-hybridized carbons (Fsp3) is 0.333. The van der Waals surface area contributed by atoms with E-state index in [0.29, 0.717) is 12.4 Å². The number of hydrogen-bond acceptors (Lipinski definition) is 4. The van der Waals surface area contributed by atoms with Crippen molar-refractivity contribution in [1.29, 1.82) is 0 Å². The number of aliphatic imine (C=N–C) groups is 1. The molecule has 1 heterocycles. The van der Waals surface area contributed by atoms with Gasteiger partial charge in [0.15, 0.2) is 5.96 Å². The molecule has 1 unspecified atom stereocenters. The van der Waals surface area contributed by atoms with Crippen molar-refractivity contribution in [3.05, 3.63) is 87.9 Å². The minimum absolute atomic E-state index is 0. The summed E-state index contributed by atoms with van der Waals surface area (Å²) in [5.74, 6) is 0.701. The molecule has 0 saturated heterocycles. The SMILES string of the molecule is CCNC(=NCC(O)(Cc1ccccc1)c1ccccc1)NCCc1csc(C)n1.I. The van der Waals surface area contributed by atoms with Crippen molar-refractivity contribution >= 4 is 41.3 Å². The molecule has 0 spiro atoms. The first-order chi connectivity index (χ1) is 14.6. The molecule has 1 aromatic heterocycles. The number of aliphatic hydroxyl groups is 1. The van der Waals surface area contributed by atoms with Gasteiger partial charge in [0.05, 0.1) is 17.2 Å². The second kappa shape index (κ2) is 12.8. The lowest BCUT2D eigenvalue weighted by Crippen LogP contribution is -2.40. The molecule has 2 aromatic carbocycles. The van der Waals surface area contributed by atoms with Crippen molar-refractivity contribution in [2.75, 3.05) is 19.6 Å². The maximum absolute atomic E-state index is 11.6. The molecule has 7 heteroatoms. The molecule has 166 valence electrons. The van der Waals surface area contributed by atoms with E-state index < -0.39 is 5.60 Å². The lowest BCUT2D eigenvalue weighted by atomic mass is 9.87. The molecule has 31 heavy (non-hydrogen) atoms. The van der Waals surface area contributed by atoms with Crippen LogP contribution in [0.1, 0.15) is 28.8 Å². The van der Waals surface area contributed by atoms with Gasteiger partial charge < -0.3 is 15.7 Å². The Morgan fingerprint density at radius 3 is 2.35 bits per heavy atom. The number of benzene rings is 2. The summed E-state index contributed by atoms with van der Waals surface area (Å²) < 4.78 is 0. The Bertz CT molecular complexity index is 933. The Hall–Kier alpha value is -1.97. The van der Waals surface area contributed by atoms with E-state index in [1.54, 1.807) is 11.3 Å². The van der Waals surface area contributed by atoms with E-state index in [-0.39, 0.29) is 30.5 Å². The zero-order valence-corrected chi connectivity index (χ0v) is 21.2. The first-order valence-electron chi connectivity index (χ1n) is 10.3. The highest BCUT2D eigenvalue weighted by molar-refractivity contribution is 14.0. The summed E-state index contributed by atoms with van der Waals surface area (Å²) in [4.78, 5) is 9.22. The number of aryl methyl sites for hydroxylation is 1. The van der Waals surface area contributed by atoms with Gasteiger partial charge in [-0.15, -0.1) is 35.3 Å². The largest absolute Gasteiger partial charge is 0.383 e. The third-order valence-electron chi connectivity index (χ3n) is 4.83. The minimum Gasteiger partial charge on any atom is -0.383 e. The molecule has 3 N–H and O–H groups in total. The first-order valence-corrected chi connectivity index (χ1v) is 11.2. The van der Waals surface area contributed by atoms with Crippen LogP contribution >= 0.6 is 35.3 Å². The van der Waals surface area contributed by atoms with E-state index in [9.17, 15) is 5.11 Å². The summed E-state index contributed by atoms with van der Waals surface area (Å²) in [5.41, 5.74) is 1.95. The molecule has 0 saturated carbocycles. The number of nitrogens with one attached hydrogen (secondary N) is 2. The van der Waals surface area contributed by atoms with Gasteiger partial charge in [0.1, 0.15) is 5.60 Å². The normalized spacial score (nSPS) is 13.2. The lowest BCUT2D eigenvalue weighted by molar-refractivity contribution is 0.0467. The summed E-state index contributed by atoms with van der Waals surface area (Å²) in [7, 11) is 0. The second-order valence-electron chi connectivity index (χ2n) is 7.29. The summed E-state index contributed by atoms with van der Waals surface area (Å²) in [6.07, 6.45) is 1.33. The molecule has 0 amide bonds. The van der Waals surface area contributed by atoms with Crippen molar-refractivity contribution in [3.63, 3.8) is 0 Å². The number of halogens is 1. The highest BCUT2D eigenvalue weighted by atomic mass is 127. The number of guanidine groups is 1. The van der Waals surface area contributed by atoms with E-state index in [1.165, 1.54) is 0 Å². The van der Waals surface area contributed by atoms with Crippen LogP contribution in [0, 0.1) is 6.92 Å². The van der Waals surface area contributed by atoms with Crippen LogP contribution in [0.4, 0.5) is 0 Å². The first kappa shape index (κ1) is 25.3. The molecule has 0 fully saturated rings. The van der Waals surface area contributed by atoms with E-state index in [2.05, 4.69) is 21.0 Å². The van der Waals surface area contributed by atoms with Crippen LogP contribution in [0.15, 0.2) is 71.0 Å². The van der Waals surface area contributed by atoms with Crippen molar-refractivity contribution in [2.24, 2.45) is 4.99 Å². The van der Waals surface area contributed by atoms with Crippen LogP contribution in [-0.4, -0.2) is 35.7 Å². The van der Waals surface area contributed by atoms with Gasteiger partial charge in [0.2, 0.25) is 0 Å². The van der Waals surface area contributed by atoms with Crippen LogP contribution in [0.2, 0.25) is 0 Å². The van der Waals surface area contributed by atoms with Crippen LogP contribution < -0.4 is 10.6 Å². The van der Waals surface area contributed by atoms with Gasteiger partial charge in [-0.2, -0.15) is 0 Å². The molecule has 0 radical (unpaired) electrons.